The first-order valence-corrected chi connectivity index (χ1v) is 9.03. The van der Waals surface area contributed by atoms with Crippen LogP contribution in [-0.2, 0) is 20.4 Å². The van der Waals surface area contributed by atoms with E-state index in [-0.39, 0.29) is 16.5 Å². The van der Waals surface area contributed by atoms with Crippen molar-refractivity contribution in [2.75, 3.05) is 11.1 Å². The summed E-state index contributed by atoms with van der Waals surface area (Å²) in [5, 5.41) is 2.71. The summed E-state index contributed by atoms with van der Waals surface area (Å²) in [6, 6.07) is 9.90. The Bertz CT molecular complexity index is 823. The molecule has 1 N–H and O–H groups in total. The molecule has 0 radical (unpaired) electrons. The fourth-order valence-electron chi connectivity index (χ4n) is 1.86. The van der Waals surface area contributed by atoms with E-state index in [0.29, 0.717) is 10.6 Å². The molecule has 0 aliphatic carbocycles. The van der Waals surface area contributed by atoms with E-state index in [4.69, 9.17) is 23.2 Å². The third-order valence-electron chi connectivity index (χ3n) is 2.85. The van der Waals surface area contributed by atoms with E-state index in [1.807, 2.05) is 0 Å². The zero-order chi connectivity index (χ0) is 17.0. The fraction of sp³-hybridized carbons (Fsp3) is 0.133. The van der Waals surface area contributed by atoms with Crippen LogP contribution in [0.5, 0.6) is 0 Å². The molecule has 0 aliphatic heterocycles. The van der Waals surface area contributed by atoms with Crippen molar-refractivity contribution in [3.8, 4) is 0 Å². The molecule has 0 bridgehead atoms. The number of hydrogen-bond acceptors (Lipinski definition) is 3. The van der Waals surface area contributed by atoms with Crippen molar-refractivity contribution in [2.24, 2.45) is 0 Å². The van der Waals surface area contributed by atoms with Crippen molar-refractivity contribution in [3.63, 3.8) is 0 Å². The van der Waals surface area contributed by atoms with Crippen LogP contribution in [-0.4, -0.2) is 20.1 Å². The number of rotatable bonds is 5. The number of amides is 1. The summed E-state index contributed by atoms with van der Waals surface area (Å²) in [5.74, 6) is -2.31. The molecule has 0 saturated carbocycles. The molecular weight excluding hydrogens is 364 g/mol. The Hall–Kier alpha value is -1.63. The van der Waals surface area contributed by atoms with Gasteiger partial charge in [0, 0.05) is 10.7 Å². The first-order valence-electron chi connectivity index (χ1n) is 6.45. The number of halogens is 3. The average Bonchev–Trinajstić information content (AvgIpc) is 2.44. The summed E-state index contributed by atoms with van der Waals surface area (Å²) >= 11 is 11.3. The van der Waals surface area contributed by atoms with Crippen LogP contribution in [0.3, 0.4) is 0 Å². The van der Waals surface area contributed by atoms with E-state index in [1.165, 1.54) is 12.1 Å². The minimum atomic E-state index is -3.65. The molecule has 1 amide bonds. The molecule has 2 aromatic rings. The molecule has 0 saturated heterocycles. The van der Waals surface area contributed by atoms with Crippen LogP contribution >= 0.6 is 23.2 Å². The highest BCUT2D eigenvalue weighted by Crippen LogP contribution is 2.19. The summed E-state index contributed by atoms with van der Waals surface area (Å²) in [7, 11) is -3.65. The Kier molecular flexibility index (Phi) is 5.62. The van der Waals surface area contributed by atoms with Crippen molar-refractivity contribution in [1.29, 1.82) is 0 Å². The third-order valence-corrected chi connectivity index (χ3v) is 4.87. The van der Waals surface area contributed by atoms with Crippen molar-refractivity contribution in [3.05, 3.63) is 63.9 Å². The Labute approximate surface area is 143 Å². The standard InChI is InChI=1S/C15H12Cl2FNO3S/c16-11-3-1-10(2-4-11)8-23(21,22)9-15(20)19-12-5-6-14(18)13(17)7-12/h1-7H,8-9H2,(H,19,20). The number of nitrogens with one attached hydrogen (secondary N) is 1. The minimum absolute atomic E-state index is 0.160. The number of benzene rings is 2. The number of carbonyl (C=O) groups excluding carboxylic acids is 1. The number of carbonyl (C=O) groups is 1. The summed E-state index contributed by atoms with van der Waals surface area (Å²) in [6.45, 7) is 0. The molecule has 2 rings (SSSR count). The van der Waals surface area contributed by atoms with E-state index in [9.17, 15) is 17.6 Å². The van der Waals surface area contributed by atoms with Gasteiger partial charge in [0.05, 0.1) is 10.8 Å². The fourth-order valence-corrected chi connectivity index (χ4v) is 3.44. The Morgan fingerprint density at radius 3 is 2.35 bits per heavy atom. The Balaban J connectivity index is 2.00. The molecule has 0 aliphatic rings. The van der Waals surface area contributed by atoms with Crippen LogP contribution in [0.1, 0.15) is 5.56 Å². The van der Waals surface area contributed by atoms with Crippen LogP contribution in [0.25, 0.3) is 0 Å². The van der Waals surface area contributed by atoms with Crippen molar-refractivity contribution < 1.29 is 17.6 Å². The second kappa shape index (κ2) is 7.29. The molecule has 8 heteroatoms. The van der Waals surface area contributed by atoms with Crippen molar-refractivity contribution in [1.82, 2.24) is 0 Å². The molecule has 2 aromatic carbocycles. The highest BCUT2D eigenvalue weighted by Gasteiger charge is 2.18. The maximum atomic E-state index is 13.0. The topological polar surface area (TPSA) is 63.2 Å². The summed E-state index contributed by atoms with van der Waals surface area (Å²) in [4.78, 5) is 11.8. The molecule has 122 valence electrons. The van der Waals surface area contributed by atoms with Gasteiger partial charge in [-0.05, 0) is 35.9 Å². The van der Waals surface area contributed by atoms with Gasteiger partial charge in [-0.3, -0.25) is 4.79 Å². The van der Waals surface area contributed by atoms with E-state index in [0.717, 1.165) is 6.07 Å². The van der Waals surface area contributed by atoms with Gasteiger partial charge in [-0.25, -0.2) is 12.8 Å². The molecule has 23 heavy (non-hydrogen) atoms. The van der Waals surface area contributed by atoms with Gasteiger partial charge in [0.15, 0.2) is 9.84 Å². The van der Waals surface area contributed by atoms with Crippen LogP contribution in [0, 0.1) is 5.82 Å². The van der Waals surface area contributed by atoms with Crippen molar-refractivity contribution >= 4 is 44.6 Å². The first kappa shape index (κ1) is 17.7. The maximum Gasteiger partial charge on any atom is 0.239 e. The molecule has 0 aromatic heterocycles. The lowest BCUT2D eigenvalue weighted by Crippen LogP contribution is -2.24. The van der Waals surface area contributed by atoms with E-state index in [2.05, 4.69) is 5.32 Å². The molecule has 0 atom stereocenters. The molecule has 0 unspecified atom stereocenters. The van der Waals surface area contributed by atoms with E-state index >= 15 is 0 Å². The van der Waals surface area contributed by atoms with Gasteiger partial charge in [0.1, 0.15) is 11.6 Å². The van der Waals surface area contributed by atoms with Crippen LogP contribution in [0.4, 0.5) is 10.1 Å². The van der Waals surface area contributed by atoms with E-state index < -0.39 is 27.3 Å². The van der Waals surface area contributed by atoms with Crippen LogP contribution in [0.2, 0.25) is 10.0 Å². The largest absolute Gasteiger partial charge is 0.325 e. The summed E-state index contributed by atoms with van der Waals surface area (Å²) < 4.78 is 37.1. The molecule has 0 spiro atoms. The van der Waals surface area contributed by atoms with Gasteiger partial charge in [-0.2, -0.15) is 0 Å². The Morgan fingerprint density at radius 1 is 1.09 bits per heavy atom. The average molecular weight is 376 g/mol. The quantitative estimate of drug-likeness (QED) is 0.866. The van der Waals surface area contributed by atoms with Gasteiger partial charge >= 0.3 is 0 Å². The monoisotopic (exact) mass is 375 g/mol. The minimum Gasteiger partial charge on any atom is -0.325 e. The normalized spacial score (nSPS) is 11.3. The lowest BCUT2D eigenvalue weighted by molar-refractivity contribution is -0.113. The SMILES string of the molecule is O=C(CS(=O)(=O)Cc1ccc(Cl)cc1)Nc1ccc(F)c(Cl)c1. The molecule has 4 nitrogen and oxygen atoms in total. The summed E-state index contributed by atoms with van der Waals surface area (Å²) in [5.41, 5.74) is 0.759. The summed E-state index contributed by atoms with van der Waals surface area (Å²) in [6.07, 6.45) is 0. The second-order valence-corrected chi connectivity index (χ2v) is 7.74. The maximum absolute atomic E-state index is 13.0. The van der Waals surface area contributed by atoms with Gasteiger partial charge in [0.25, 0.3) is 0 Å². The number of sulfone groups is 1. The van der Waals surface area contributed by atoms with Crippen LogP contribution < -0.4 is 5.32 Å². The molecule has 0 fully saturated rings. The third kappa shape index (κ3) is 5.49. The number of anilines is 1. The van der Waals surface area contributed by atoms with Gasteiger partial charge < -0.3 is 5.32 Å². The van der Waals surface area contributed by atoms with Gasteiger partial charge in [0.2, 0.25) is 5.91 Å². The predicted octanol–water partition coefficient (Wildman–Crippen LogP) is 3.69. The lowest BCUT2D eigenvalue weighted by Gasteiger charge is -2.07. The highest BCUT2D eigenvalue weighted by molar-refractivity contribution is 7.91. The second-order valence-electron chi connectivity index (χ2n) is 4.84. The zero-order valence-electron chi connectivity index (χ0n) is 11.7. The predicted molar refractivity (Wildman–Crippen MR) is 89.0 cm³/mol. The van der Waals surface area contributed by atoms with E-state index in [1.54, 1.807) is 24.3 Å². The highest BCUT2D eigenvalue weighted by atomic mass is 35.5. The molecular formula is C15H12Cl2FNO3S. The first-order chi connectivity index (χ1) is 10.7. The molecule has 0 heterocycles. The van der Waals surface area contributed by atoms with Crippen LogP contribution in [0.15, 0.2) is 42.5 Å². The Morgan fingerprint density at radius 2 is 1.74 bits per heavy atom. The smallest absolute Gasteiger partial charge is 0.239 e. The van der Waals surface area contributed by atoms with Crippen molar-refractivity contribution in [2.45, 2.75) is 5.75 Å². The zero-order valence-corrected chi connectivity index (χ0v) is 14.1. The number of hydrogen-bond donors (Lipinski definition) is 1. The lowest BCUT2D eigenvalue weighted by atomic mass is 10.2. The van der Waals surface area contributed by atoms with Gasteiger partial charge in [-0.15, -0.1) is 0 Å². The van der Waals surface area contributed by atoms with Gasteiger partial charge in [-0.1, -0.05) is 35.3 Å².